The predicted molar refractivity (Wildman–Crippen MR) is 61.9 cm³/mol. The SMILES string of the molecule is CCC(C)C(C)(O)CNC1CCOC1C. The minimum Gasteiger partial charge on any atom is -0.389 e. The summed E-state index contributed by atoms with van der Waals surface area (Å²) in [4.78, 5) is 0. The maximum Gasteiger partial charge on any atom is 0.0768 e. The number of ether oxygens (including phenoxy) is 1. The Labute approximate surface area is 93.2 Å². The van der Waals surface area contributed by atoms with E-state index in [0.29, 0.717) is 18.5 Å². The highest BCUT2D eigenvalue weighted by Crippen LogP contribution is 2.20. The third kappa shape index (κ3) is 3.44. The zero-order valence-corrected chi connectivity index (χ0v) is 10.4. The van der Waals surface area contributed by atoms with Crippen molar-refractivity contribution < 1.29 is 9.84 Å². The lowest BCUT2D eigenvalue weighted by Crippen LogP contribution is -2.48. The molecule has 1 aliphatic heterocycles. The molecule has 3 nitrogen and oxygen atoms in total. The molecule has 0 spiro atoms. The summed E-state index contributed by atoms with van der Waals surface area (Å²) < 4.78 is 5.47. The van der Waals surface area contributed by atoms with Crippen molar-refractivity contribution in [1.82, 2.24) is 5.32 Å². The molecule has 0 bridgehead atoms. The fourth-order valence-corrected chi connectivity index (χ4v) is 1.95. The van der Waals surface area contributed by atoms with Gasteiger partial charge < -0.3 is 15.2 Å². The summed E-state index contributed by atoms with van der Waals surface area (Å²) >= 11 is 0. The smallest absolute Gasteiger partial charge is 0.0768 e. The van der Waals surface area contributed by atoms with Gasteiger partial charge in [-0.2, -0.15) is 0 Å². The van der Waals surface area contributed by atoms with E-state index in [0.717, 1.165) is 19.4 Å². The summed E-state index contributed by atoms with van der Waals surface area (Å²) in [5.74, 6) is 0.322. The van der Waals surface area contributed by atoms with Crippen LogP contribution in [0.3, 0.4) is 0 Å². The molecule has 0 aromatic heterocycles. The number of aliphatic hydroxyl groups is 1. The maximum atomic E-state index is 10.2. The zero-order chi connectivity index (χ0) is 11.5. The lowest BCUT2D eigenvalue weighted by atomic mass is 9.88. The fourth-order valence-electron chi connectivity index (χ4n) is 1.95. The summed E-state index contributed by atoms with van der Waals surface area (Å²) in [5, 5.41) is 13.6. The molecule has 90 valence electrons. The van der Waals surface area contributed by atoms with E-state index >= 15 is 0 Å². The quantitative estimate of drug-likeness (QED) is 0.731. The Bertz CT molecular complexity index is 194. The van der Waals surface area contributed by atoms with Gasteiger partial charge in [0, 0.05) is 19.2 Å². The average molecular weight is 215 g/mol. The maximum absolute atomic E-state index is 10.2. The molecule has 1 saturated heterocycles. The van der Waals surface area contributed by atoms with Crippen LogP contribution in [-0.2, 0) is 4.74 Å². The third-order valence-corrected chi connectivity index (χ3v) is 3.77. The van der Waals surface area contributed by atoms with Crippen molar-refractivity contribution in [2.45, 2.75) is 58.3 Å². The second kappa shape index (κ2) is 5.28. The van der Waals surface area contributed by atoms with Gasteiger partial charge in [-0.05, 0) is 26.2 Å². The van der Waals surface area contributed by atoms with Gasteiger partial charge in [0.05, 0.1) is 11.7 Å². The molecule has 0 saturated carbocycles. The Hall–Kier alpha value is -0.120. The molecule has 0 amide bonds. The Morgan fingerprint density at radius 3 is 2.73 bits per heavy atom. The van der Waals surface area contributed by atoms with Gasteiger partial charge in [-0.25, -0.2) is 0 Å². The summed E-state index contributed by atoms with van der Waals surface area (Å²) in [5.41, 5.74) is -0.614. The first-order valence-corrected chi connectivity index (χ1v) is 6.04. The van der Waals surface area contributed by atoms with Gasteiger partial charge in [-0.15, -0.1) is 0 Å². The minimum absolute atomic E-state index is 0.276. The van der Waals surface area contributed by atoms with Gasteiger partial charge in [-0.1, -0.05) is 20.3 Å². The first-order chi connectivity index (χ1) is 6.97. The fraction of sp³-hybridized carbons (Fsp3) is 1.00. The van der Waals surface area contributed by atoms with Crippen LogP contribution in [0.1, 0.15) is 40.5 Å². The van der Waals surface area contributed by atoms with Crippen LogP contribution in [0.15, 0.2) is 0 Å². The largest absolute Gasteiger partial charge is 0.389 e. The lowest BCUT2D eigenvalue weighted by molar-refractivity contribution is 0.000984. The monoisotopic (exact) mass is 215 g/mol. The van der Waals surface area contributed by atoms with Crippen molar-refractivity contribution in [3.8, 4) is 0 Å². The molecule has 1 heterocycles. The van der Waals surface area contributed by atoms with Crippen LogP contribution in [0.4, 0.5) is 0 Å². The molecule has 0 radical (unpaired) electrons. The van der Waals surface area contributed by atoms with Gasteiger partial charge in [0.25, 0.3) is 0 Å². The topological polar surface area (TPSA) is 41.5 Å². The van der Waals surface area contributed by atoms with E-state index in [-0.39, 0.29) is 6.10 Å². The summed E-state index contributed by atoms with van der Waals surface area (Å²) in [6.07, 6.45) is 2.33. The first-order valence-electron chi connectivity index (χ1n) is 6.04. The minimum atomic E-state index is -0.614. The normalized spacial score (nSPS) is 32.6. The molecule has 1 fully saturated rings. The number of hydrogen-bond donors (Lipinski definition) is 2. The van der Waals surface area contributed by atoms with Crippen LogP contribution in [0.2, 0.25) is 0 Å². The Kier molecular flexibility index (Phi) is 4.56. The highest BCUT2D eigenvalue weighted by atomic mass is 16.5. The van der Waals surface area contributed by atoms with Gasteiger partial charge >= 0.3 is 0 Å². The molecule has 3 heteroatoms. The van der Waals surface area contributed by atoms with Crippen LogP contribution in [0.25, 0.3) is 0 Å². The van der Waals surface area contributed by atoms with Crippen molar-refractivity contribution in [3.05, 3.63) is 0 Å². The first kappa shape index (κ1) is 12.9. The van der Waals surface area contributed by atoms with Crippen molar-refractivity contribution >= 4 is 0 Å². The highest BCUT2D eigenvalue weighted by Gasteiger charge is 2.30. The second-order valence-corrected chi connectivity index (χ2v) is 5.02. The average Bonchev–Trinajstić information content (AvgIpc) is 2.60. The van der Waals surface area contributed by atoms with E-state index in [1.54, 1.807) is 0 Å². The van der Waals surface area contributed by atoms with Gasteiger partial charge in [-0.3, -0.25) is 0 Å². The molecule has 0 aliphatic carbocycles. The third-order valence-electron chi connectivity index (χ3n) is 3.77. The molecule has 4 atom stereocenters. The Balaban J connectivity index is 2.35. The van der Waals surface area contributed by atoms with Crippen LogP contribution < -0.4 is 5.32 Å². The molecule has 4 unspecified atom stereocenters. The van der Waals surface area contributed by atoms with E-state index in [1.165, 1.54) is 0 Å². The zero-order valence-electron chi connectivity index (χ0n) is 10.4. The summed E-state index contributed by atoms with van der Waals surface area (Å²) in [6.45, 7) is 9.69. The number of nitrogens with one attached hydrogen (secondary N) is 1. The molecule has 0 aromatic rings. The second-order valence-electron chi connectivity index (χ2n) is 5.02. The van der Waals surface area contributed by atoms with Crippen molar-refractivity contribution in [3.63, 3.8) is 0 Å². The van der Waals surface area contributed by atoms with E-state index < -0.39 is 5.60 Å². The summed E-state index contributed by atoms with van der Waals surface area (Å²) in [6, 6.07) is 0.403. The molecule has 1 aliphatic rings. The van der Waals surface area contributed by atoms with Crippen molar-refractivity contribution in [2.24, 2.45) is 5.92 Å². The van der Waals surface area contributed by atoms with Crippen LogP contribution in [0, 0.1) is 5.92 Å². The number of hydrogen-bond acceptors (Lipinski definition) is 3. The van der Waals surface area contributed by atoms with Crippen molar-refractivity contribution in [1.29, 1.82) is 0 Å². The van der Waals surface area contributed by atoms with Crippen molar-refractivity contribution in [2.75, 3.05) is 13.2 Å². The molecule has 2 N–H and O–H groups in total. The van der Waals surface area contributed by atoms with E-state index in [4.69, 9.17) is 4.74 Å². The molecule has 0 aromatic carbocycles. The van der Waals surface area contributed by atoms with E-state index in [1.807, 2.05) is 6.92 Å². The molecular formula is C12H25NO2. The van der Waals surface area contributed by atoms with Crippen LogP contribution in [0.5, 0.6) is 0 Å². The van der Waals surface area contributed by atoms with Gasteiger partial charge in [0.2, 0.25) is 0 Å². The summed E-state index contributed by atoms with van der Waals surface area (Å²) in [7, 11) is 0. The standard InChI is InChI=1S/C12H25NO2/c1-5-9(2)12(4,14)8-13-11-6-7-15-10(11)3/h9-11,13-14H,5-8H2,1-4H3. The van der Waals surface area contributed by atoms with Crippen LogP contribution in [-0.4, -0.2) is 36.0 Å². The van der Waals surface area contributed by atoms with Gasteiger partial charge in [0.15, 0.2) is 0 Å². The number of rotatable bonds is 5. The highest BCUT2D eigenvalue weighted by molar-refractivity contribution is 4.86. The molecule has 15 heavy (non-hydrogen) atoms. The van der Waals surface area contributed by atoms with Crippen LogP contribution >= 0.6 is 0 Å². The Morgan fingerprint density at radius 1 is 1.60 bits per heavy atom. The molecule has 1 rings (SSSR count). The Morgan fingerprint density at radius 2 is 2.27 bits per heavy atom. The molecular weight excluding hydrogens is 190 g/mol. The predicted octanol–water partition coefficient (Wildman–Crippen LogP) is 1.55. The lowest BCUT2D eigenvalue weighted by Gasteiger charge is -2.31. The van der Waals surface area contributed by atoms with Gasteiger partial charge in [0.1, 0.15) is 0 Å². The van der Waals surface area contributed by atoms with E-state index in [9.17, 15) is 5.11 Å². The van der Waals surface area contributed by atoms with E-state index in [2.05, 4.69) is 26.1 Å².